The van der Waals surface area contributed by atoms with Crippen LogP contribution < -0.4 is 19.5 Å². The van der Waals surface area contributed by atoms with E-state index in [1.807, 2.05) is 38.1 Å². The summed E-state index contributed by atoms with van der Waals surface area (Å²) in [5.74, 6) is 0.397. The standard InChI is InChI=1S/C24H25NO6/c1-4-29-20-11-10-18(14-22(20)30-5-2)25-23(26)15-31-24(27)19-12-16-8-6-7-9-17(16)13-21(19)28-3/h6-14H,4-5,15H2,1-3H3,(H,25,26). The van der Waals surface area contributed by atoms with Crippen molar-refractivity contribution in [1.82, 2.24) is 0 Å². The molecular formula is C24H25NO6. The molecule has 0 bridgehead atoms. The predicted molar refractivity (Wildman–Crippen MR) is 118 cm³/mol. The Morgan fingerprint density at radius 3 is 2.19 bits per heavy atom. The van der Waals surface area contributed by atoms with Crippen LogP contribution in [0.3, 0.4) is 0 Å². The van der Waals surface area contributed by atoms with Crippen LogP contribution >= 0.6 is 0 Å². The zero-order chi connectivity index (χ0) is 22.2. The van der Waals surface area contributed by atoms with Gasteiger partial charge in [0.15, 0.2) is 18.1 Å². The van der Waals surface area contributed by atoms with E-state index < -0.39 is 18.5 Å². The molecule has 1 N–H and O–H groups in total. The van der Waals surface area contributed by atoms with Gasteiger partial charge in [-0.15, -0.1) is 0 Å². The van der Waals surface area contributed by atoms with Gasteiger partial charge in [-0.1, -0.05) is 24.3 Å². The van der Waals surface area contributed by atoms with Crippen LogP contribution in [0.25, 0.3) is 10.8 Å². The number of hydrogen-bond donors (Lipinski definition) is 1. The molecule has 0 fully saturated rings. The molecule has 0 aromatic heterocycles. The first-order chi connectivity index (χ1) is 15.0. The van der Waals surface area contributed by atoms with Crippen molar-refractivity contribution < 1.29 is 28.5 Å². The molecule has 1 amide bonds. The fraction of sp³-hybridized carbons (Fsp3) is 0.250. The summed E-state index contributed by atoms with van der Waals surface area (Å²) in [4.78, 5) is 24.9. The summed E-state index contributed by atoms with van der Waals surface area (Å²) in [6, 6.07) is 16.1. The highest BCUT2D eigenvalue weighted by Crippen LogP contribution is 2.31. The SMILES string of the molecule is CCOc1ccc(NC(=O)COC(=O)c2cc3ccccc3cc2OC)cc1OCC. The van der Waals surface area contributed by atoms with Gasteiger partial charge in [-0.2, -0.15) is 0 Å². The highest BCUT2D eigenvalue weighted by atomic mass is 16.5. The van der Waals surface area contributed by atoms with Gasteiger partial charge in [0, 0.05) is 11.8 Å². The van der Waals surface area contributed by atoms with Crippen LogP contribution in [0, 0.1) is 0 Å². The van der Waals surface area contributed by atoms with Crippen molar-refractivity contribution in [3.63, 3.8) is 0 Å². The molecule has 162 valence electrons. The lowest BCUT2D eigenvalue weighted by Gasteiger charge is -2.13. The molecule has 0 aliphatic carbocycles. The molecule has 0 saturated heterocycles. The molecule has 0 atom stereocenters. The first kappa shape index (κ1) is 22.0. The van der Waals surface area contributed by atoms with Crippen molar-refractivity contribution in [3.05, 3.63) is 60.2 Å². The van der Waals surface area contributed by atoms with Gasteiger partial charge in [0.05, 0.1) is 20.3 Å². The van der Waals surface area contributed by atoms with Crippen molar-refractivity contribution in [2.45, 2.75) is 13.8 Å². The first-order valence-corrected chi connectivity index (χ1v) is 9.99. The molecule has 0 spiro atoms. The zero-order valence-electron chi connectivity index (χ0n) is 17.8. The third-order valence-corrected chi connectivity index (χ3v) is 4.45. The Morgan fingerprint density at radius 2 is 1.52 bits per heavy atom. The Labute approximate surface area is 180 Å². The second-order valence-electron chi connectivity index (χ2n) is 6.55. The quantitative estimate of drug-likeness (QED) is 0.512. The number of hydrogen-bond acceptors (Lipinski definition) is 6. The van der Waals surface area contributed by atoms with Gasteiger partial charge in [0.25, 0.3) is 5.91 Å². The molecule has 0 heterocycles. The lowest BCUT2D eigenvalue weighted by atomic mass is 10.1. The van der Waals surface area contributed by atoms with Gasteiger partial charge >= 0.3 is 5.97 Å². The average Bonchev–Trinajstić information content (AvgIpc) is 2.78. The second-order valence-corrected chi connectivity index (χ2v) is 6.55. The van der Waals surface area contributed by atoms with Crippen LogP contribution in [0.5, 0.6) is 17.2 Å². The molecule has 7 nitrogen and oxygen atoms in total. The van der Waals surface area contributed by atoms with E-state index in [0.29, 0.717) is 36.1 Å². The minimum Gasteiger partial charge on any atom is -0.496 e. The third kappa shape index (κ3) is 5.45. The average molecular weight is 423 g/mol. The van der Waals surface area contributed by atoms with Crippen molar-refractivity contribution in [2.24, 2.45) is 0 Å². The summed E-state index contributed by atoms with van der Waals surface area (Å²) in [5.41, 5.74) is 0.768. The Morgan fingerprint density at radius 1 is 0.839 bits per heavy atom. The third-order valence-electron chi connectivity index (χ3n) is 4.45. The molecule has 0 aliphatic rings. The van der Waals surface area contributed by atoms with E-state index >= 15 is 0 Å². The minimum absolute atomic E-state index is 0.258. The zero-order valence-corrected chi connectivity index (χ0v) is 17.8. The van der Waals surface area contributed by atoms with Gasteiger partial charge in [-0.05, 0) is 48.9 Å². The Balaban J connectivity index is 1.66. The topological polar surface area (TPSA) is 83.1 Å². The minimum atomic E-state index is -0.639. The van der Waals surface area contributed by atoms with Crippen LogP contribution in [0.2, 0.25) is 0 Å². The normalized spacial score (nSPS) is 10.4. The molecule has 7 heteroatoms. The van der Waals surface area contributed by atoms with Gasteiger partial charge < -0.3 is 24.3 Å². The van der Waals surface area contributed by atoms with Crippen molar-refractivity contribution in [3.8, 4) is 17.2 Å². The maximum Gasteiger partial charge on any atom is 0.342 e. The first-order valence-electron chi connectivity index (χ1n) is 9.99. The summed E-state index contributed by atoms with van der Waals surface area (Å²) >= 11 is 0. The molecule has 3 aromatic carbocycles. The molecule has 3 aromatic rings. The van der Waals surface area contributed by atoms with Crippen molar-refractivity contribution >= 4 is 28.3 Å². The smallest absolute Gasteiger partial charge is 0.342 e. The highest BCUT2D eigenvalue weighted by Gasteiger charge is 2.17. The van der Waals surface area contributed by atoms with E-state index in [4.69, 9.17) is 18.9 Å². The molecule has 0 unspecified atom stereocenters. The number of anilines is 1. The van der Waals surface area contributed by atoms with Crippen LogP contribution in [-0.2, 0) is 9.53 Å². The highest BCUT2D eigenvalue weighted by molar-refractivity contribution is 6.00. The molecule has 0 saturated carbocycles. The van der Waals surface area contributed by atoms with Gasteiger partial charge in [0.2, 0.25) is 0 Å². The molecule has 31 heavy (non-hydrogen) atoms. The fourth-order valence-electron chi connectivity index (χ4n) is 3.08. The molecule has 3 rings (SSSR count). The molecular weight excluding hydrogens is 398 g/mol. The van der Waals surface area contributed by atoms with E-state index in [2.05, 4.69) is 5.32 Å². The van der Waals surface area contributed by atoms with Crippen LogP contribution in [0.15, 0.2) is 54.6 Å². The van der Waals surface area contributed by atoms with E-state index in [9.17, 15) is 9.59 Å². The number of methoxy groups -OCH3 is 1. The van der Waals surface area contributed by atoms with E-state index in [0.717, 1.165) is 10.8 Å². The lowest BCUT2D eigenvalue weighted by Crippen LogP contribution is -2.21. The van der Waals surface area contributed by atoms with E-state index in [1.54, 1.807) is 30.3 Å². The molecule has 0 radical (unpaired) electrons. The second kappa shape index (κ2) is 10.3. The summed E-state index contributed by atoms with van der Waals surface area (Å²) in [6.07, 6.45) is 0. The number of fused-ring (bicyclic) bond motifs is 1. The predicted octanol–water partition coefficient (Wildman–Crippen LogP) is 4.44. The number of carbonyl (C=O) groups excluding carboxylic acids is 2. The van der Waals surface area contributed by atoms with Crippen molar-refractivity contribution in [2.75, 3.05) is 32.2 Å². The number of ether oxygens (including phenoxy) is 4. The van der Waals surface area contributed by atoms with Crippen LogP contribution in [0.1, 0.15) is 24.2 Å². The maximum atomic E-state index is 12.6. The maximum absolute atomic E-state index is 12.6. The summed E-state index contributed by atoms with van der Waals surface area (Å²) in [7, 11) is 1.48. The Hall–Kier alpha value is -3.74. The number of esters is 1. The number of nitrogens with one attached hydrogen (secondary N) is 1. The van der Waals surface area contributed by atoms with Gasteiger partial charge in [-0.3, -0.25) is 4.79 Å². The summed E-state index contributed by atoms with van der Waals surface area (Å²) in [5, 5.41) is 4.50. The number of rotatable bonds is 9. The summed E-state index contributed by atoms with van der Waals surface area (Å²) in [6.45, 7) is 4.26. The number of benzene rings is 3. The van der Waals surface area contributed by atoms with Gasteiger partial charge in [0.1, 0.15) is 11.3 Å². The Kier molecular flexibility index (Phi) is 7.32. The van der Waals surface area contributed by atoms with Gasteiger partial charge in [-0.25, -0.2) is 4.79 Å². The van der Waals surface area contributed by atoms with Crippen LogP contribution in [0.4, 0.5) is 5.69 Å². The van der Waals surface area contributed by atoms with Crippen LogP contribution in [-0.4, -0.2) is 38.8 Å². The lowest BCUT2D eigenvalue weighted by molar-refractivity contribution is -0.119. The van der Waals surface area contributed by atoms with Crippen molar-refractivity contribution in [1.29, 1.82) is 0 Å². The summed E-state index contributed by atoms with van der Waals surface area (Å²) < 4.78 is 21.6. The molecule has 0 aliphatic heterocycles. The fourth-order valence-corrected chi connectivity index (χ4v) is 3.08. The number of carbonyl (C=O) groups is 2. The van der Waals surface area contributed by atoms with E-state index in [-0.39, 0.29) is 5.56 Å². The van der Waals surface area contributed by atoms with E-state index in [1.165, 1.54) is 7.11 Å². The monoisotopic (exact) mass is 423 g/mol. The largest absolute Gasteiger partial charge is 0.496 e. The Bertz CT molecular complexity index is 1080. The number of amides is 1.